The molecule has 1 fully saturated rings. The van der Waals surface area contributed by atoms with E-state index in [-0.39, 0.29) is 5.56 Å². The second kappa shape index (κ2) is 8.69. The number of ether oxygens (including phenoxy) is 1. The van der Waals surface area contributed by atoms with Crippen LogP contribution in [0.1, 0.15) is 54.1 Å². The summed E-state index contributed by atoms with van der Waals surface area (Å²) < 4.78 is 6.06. The van der Waals surface area contributed by atoms with Crippen LogP contribution in [0.4, 0.5) is 0 Å². The molecular formula is C26H28O3. The monoisotopic (exact) mass is 388 g/mol. The zero-order chi connectivity index (χ0) is 20.2. The van der Waals surface area contributed by atoms with Gasteiger partial charge in [-0.25, -0.2) is 4.79 Å². The van der Waals surface area contributed by atoms with Crippen molar-refractivity contribution in [3.63, 3.8) is 0 Å². The highest BCUT2D eigenvalue weighted by Gasteiger charge is 2.20. The lowest BCUT2D eigenvalue weighted by Gasteiger charge is -2.26. The Morgan fingerprint density at radius 1 is 1.00 bits per heavy atom. The minimum absolute atomic E-state index is 0.228. The van der Waals surface area contributed by atoms with E-state index in [9.17, 15) is 9.90 Å². The van der Waals surface area contributed by atoms with Gasteiger partial charge in [0.05, 0.1) is 0 Å². The van der Waals surface area contributed by atoms with Crippen molar-refractivity contribution in [2.24, 2.45) is 11.8 Å². The van der Waals surface area contributed by atoms with Crippen molar-refractivity contribution < 1.29 is 14.6 Å². The lowest BCUT2D eigenvalue weighted by Crippen LogP contribution is -2.14. The van der Waals surface area contributed by atoms with Crippen molar-refractivity contribution in [3.8, 4) is 5.75 Å². The second-order valence-electron chi connectivity index (χ2n) is 8.39. The van der Waals surface area contributed by atoms with Gasteiger partial charge in [0.15, 0.2) is 0 Å². The molecule has 0 bridgehead atoms. The van der Waals surface area contributed by atoms with Gasteiger partial charge in [-0.2, -0.15) is 0 Å². The molecule has 3 aromatic rings. The van der Waals surface area contributed by atoms with Gasteiger partial charge in [0.25, 0.3) is 0 Å². The molecule has 3 nitrogen and oxygen atoms in total. The van der Waals surface area contributed by atoms with Crippen molar-refractivity contribution in [2.75, 3.05) is 0 Å². The third kappa shape index (κ3) is 4.61. The zero-order valence-electron chi connectivity index (χ0n) is 16.9. The fraction of sp³-hybridized carbons (Fsp3) is 0.346. The first-order valence-electron chi connectivity index (χ1n) is 10.6. The molecule has 0 aliphatic heterocycles. The summed E-state index contributed by atoms with van der Waals surface area (Å²) in [6.07, 6.45) is 6.10. The van der Waals surface area contributed by atoms with Gasteiger partial charge in [0.2, 0.25) is 0 Å². The topological polar surface area (TPSA) is 46.5 Å². The van der Waals surface area contributed by atoms with E-state index in [0.717, 1.165) is 28.7 Å². The Hall–Kier alpha value is -2.81. The van der Waals surface area contributed by atoms with Crippen LogP contribution in [-0.4, -0.2) is 11.1 Å². The summed E-state index contributed by atoms with van der Waals surface area (Å²) in [6.45, 7) is 2.68. The van der Waals surface area contributed by atoms with E-state index in [1.165, 1.54) is 31.2 Å². The number of carboxylic acid groups (broad SMARTS) is 1. The first-order valence-corrected chi connectivity index (χ1v) is 10.6. The molecule has 0 spiro atoms. The largest absolute Gasteiger partial charge is 0.488 e. The van der Waals surface area contributed by atoms with Crippen LogP contribution in [0.5, 0.6) is 5.75 Å². The molecule has 3 heteroatoms. The molecule has 29 heavy (non-hydrogen) atoms. The minimum atomic E-state index is -0.948. The highest BCUT2D eigenvalue weighted by Crippen LogP contribution is 2.32. The maximum atomic E-state index is 11.7. The summed E-state index contributed by atoms with van der Waals surface area (Å²) in [5.41, 5.74) is 2.46. The maximum absolute atomic E-state index is 11.7. The molecule has 4 rings (SSSR count). The van der Waals surface area contributed by atoms with Crippen LogP contribution >= 0.6 is 0 Å². The predicted octanol–water partition coefficient (Wildman–Crippen LogP) is 6.49. The van der Waals surface area contributed by atoms with Crippen LogP contribution in [0.2, 0.25) is 0 Å². The number of benzene rings is 3. The number of hydrogen-bond donors (Lipinski definition) is 1. The van der Waals surface area contributed by atoms with Crippen molar-refractivity contribution in [2.45, 2.75) is 45.6 Å². The van der Waals surface area contributed by atoms with Crippen LogP contribution in [-0.2, 0) is 13.0 Å². The lowest BCUT2D eigenvalue weighted by atomic mass is 9.80. The zero-order valence-corrected chi connectivity index (χ0v) is 16.9. The summed E-state index contributed by atoms with van der Waals surface area (Å²) in [5.74, 6) is 1.04. The summed E-state index contributed by atoms with van der Waals surface area (Å²) in [6, 6.07) is 19.9. The summed E-state index contributed by atoms with van der Waals surface area (Å²) in [5, 5.41) is 11.9. The Morgan fingerprint density at radius 2 is 1.76 bits per heavy atom. The summed E-state index contributed by atoms with van der Waals surface area (Å²) >= 11 is 0. The van der Waals surface area contributed by atoms with Crippen molar-refractivity contribution in [1.82, 2.24) is 0 Å². The van der Waals surface area contributed by atoms with E-state index in [0.29, 0.717) is 18.3 Å². The lowest BCUT2D eigenvalue weighted by molar-refractivity contribution is 0.0691. The van der Waals surface area contributed by atoms with Crippen molar-refractivity contribution in [1.29, 1.82) is 0 Å². The van der Waals surface area contributed by atoms with Crippen LogP contribution in [0.3, 0.4) is 0 Å². The van der Waals surface area contributed by atoms with Gasteiger partial charge in [-0.1, -0.05) is 68.3 Å². The molecule has 0 radical (unpaired) electrons. The quantitative estimate of drug-likeness (QED) is 0.525. The van der Waals surface area contributed by atoms with E-state index in [2.05, 4.69) is 25.1 Å². The van der Waals surface area contributed by atoms with Gasteiger partial charge in [-0.3, -0.25) is 0 Å². The maximum Gasteiger partial charge on any atom is 0.339 e. The highest BCUT2D eigenvalue weighted by atomic mass is 16.5. The Balaban J connectivity index is 1.54. The smallest absolute Gasteiger partial charge is 0.339 e. The summed E-state index contributed by atoms with van der Waals surface area (Å²) in [7, 11) is 0. The minimum Gasteiger partial charge on any atom is -0.488 e. The third-order valence-corrected chi connectivity index (χ3v) is 6.20. The van der Waals surface area contributed by atoms with E-state index >= 15 is 0 Å². The Morgan fingerprint density at radius 3 is 2.55 bits per heavy atom. The first kappa shape index (κ1) is 19.5. The molecule has 3 aromatic carbocycles. The average Bonchev–Trinajstić information content (AvgIpc) is 2.74. The number of hydrogen-bond acceptors (Lipinski definition) is 2. The third-order valence-electron chi connectivity index (χ3n) is 6.20. The van der Waals surface area contributed by atoms with Gasteiger partial charge in [0, 0.05) is 0 Å². The molecule has 150 valence electrons. The predicted molar refractivity (Wildman–Crippen MR) is 117 cm³/mol. The number of carbonyl (C=O) groups is 1. The van der Waals surface area contributed by atoms with Gasteiger partial charge in [0.1, 0.15) is 17.9 Å². The van der Waals surface area contributed by atoms with Crippen molar-refractivity contribution >= 4 is 16.7 Å². The van der Waals surface area contributed by atoms with Gasteiger partial charge in [-0.15, -0.1) is 0 Å². The number of aromatic carboxylic acids is 1. The fourth-order valence-corrected chi connectivity index (χ4v) is 4.43. The van der Waals surface area contributed by atoms with Gasteiger partial charge >= 0.3 is 5.97 Å². The molecule has 1 N–H and O–H groups in total. The number of fused-ring (bicyclic) bond motifs is 1. The molecule has 0 heterocycles. The first-order chi connectivity index (χ1) is 14.1. The normalized spacial score (nSPS) is 19.2. The Labute approximate surface area is 172 Å². The molecule has 0 unspecified atom stereocenters. The van der Waals surface area contributed by atoms with Crippen LogP contribution in [0, 0.1) is 11.8 Å². The number of rotatable bonds is 6. The van der Waals surface area contributed by atoms with Crippen LogP contribution < -0.4 is 4.74 Å². The van der Waals surface area contributed by atoms with Gasteiger partial charge in [-0.05, 0) is 65.1 Å². The van der Waals surface area contributed by atoms with Gasteiger partial charge < -0.3 is 9.84 Å². The van der Waals surface area contributed by atoms with E-state index < -0.39 is 5.97 Å². The van der Waals surface area contributed by atoms with E-state index in [1.54, 1.807) is 6.07 Å². The fourth-order valence-electron chi connectivity index (χ4n) is 4.43. The Bertz CT molecular complexity index is 995. The van der Waals surface area contributed by atoms with E-state index in [1.807, 2.05) is 36.4 Å². The second-order valence-corrected chi connectivity index (χ2v) is 8.39. The summed E-state index contributed by atoms with van der Waals surface area (Å²) in [4.78, 5) is 11.7. The number of carboxylic acids is 1. The van der Waals surface area contributed by atoms with Crippen LogP contribution in [0.25, 0.3) is 10.8 Å². The Kier molecular flexibility index (Phi) is 5.84. The molecule has 0 saturated heterocycles. The van der Waals surface area contributed by atoms with E-state index in [4.69, 9.17) is 4.74 Å². The molecule has 1 saturated carbocycles. The molecule has 0 aromatic heterocycles. The molecule has 0 atom stereocenters. The highest BCUT2D eigenvalue weighted by molar-refractivity contribution is 5.91. The SMILES string of the molecule is CC1CCC(Cc2ccc(C(=O)O)c(OCc3cccc4ccccc34)c2)CC1. The standard InChI is InChI=1S/C26H28O3/c1-18-9-11-19(12-10-18)15-20-13-14-24(26(27)28)25(16-20)29-17-22-7-4-6-21-5-2-3-8-23(21)22/h2-8,13-14,16,18-19H,9-12,15,17H2,1H3,(H,27,28). The molecule has 1 aliphatic rings. The van der Waals surface area contributed by atoms with Crippen molar-refractivity contribution in [3.05, 3.63) is 77.4 Å². The molecule has 1 aliphatic carbocycles. The average molecular weight is 389 g/mol. The molecule has 0 amide bonds. The van der Waals surface area contributed by atoms with Crippen LogP contribution in [0.15, 0.2) is 60.7 Å². The molecular weight excluding hydrogens is 360 g/mol.